The van der Waals surface area contributed by atoms with Crippen LogP contribution in [-0.2, 0) is 0 Å². The molecule has 0 aliphatic heterocycles. The van der Waals surface area contributed by atoms with Gasteiger partial charge in [-0.1, -0.05) is 206 Å². The van der Waals surface area contributed by atoms with Gasteiger partial charge in [-0.15, -0.1) is 0 Å². The molecule has 0 aliphatic carbocycles. The zero-order chi connectivity index (χ0) is 51.9. The number of benzene rings is 10. The van der Waals surface area contributed by atoms with Crippen LogP contribution in [0.3, 0.4) is 0 Å². The molecule has 10 rings (SSSR count). The molecule has 0 bridgehead atoms. The van der Waals surface area contributed by atoms with Gasteiger partial charge < -0.3 is 10.0 Å². The summed E-state index contributed by atoms with van der Waals surface area (Å²) >= 11 is 3.44. The summed E-state index contributed by atoms with van der Waals surface area (Å²) < 4.78 is 136. The third-order valence-electron chi connectivity index (χ3n) is 9.55. The van der Waals surface area contributed by atoms with Crippen molar-refractivity contribution in [2.45, 2.75) is 0 Å². The van der Waals surface area contributed by atoms with E-state index in [1.165, 1.54) is 0 Å². The van der Waals surface area contributed by atoms with Crippen molar-refractivity contribution in [3.05, 3.63) is 210 Å². The highest BCUT2D eigenvalue weighted by Crippen LogP contribution is 2.45. The van der Waals surface area contributed by atoms with E-state index in [0.29, 0.717) is 22.3 Å². The first-order valence-corrected chi connectivity index (χ1v) is 18.3. The second-order valence-corrected chi connectivity index (χ2v) is 13.5. The average Bonchev–Trinajstić information content (AvgIpc) is 3.39. The molecule has 0 saturated heterocycles. The van der Waals surface area contributed by atoms with E-state index in [1.54, 1.807) is 24.3 Å². The highest BCUT2D eigenvalue weighted by Gasteiger charge is 2.23. The first-order valence-electron chi connectivity index (χ1n) is 25.5. The molecule has 0 aliphatic rings. The van der Waals surface area contributed by atoms with Gasteiger partial charge in [0.05, 0.1) is 21.9 Å². The van der Waals surface area contributed by atoms with Crippen molar-refractivity contribution in [3.8, 4) is 44.5 Å². The van der Waals surface area contributed by atoms with Crippen LogP contribution < -0.4 is 5.46 Å². The predicted molar refractivity (Wildman–Crippen MR) is 242 cm³/mol. The Hall–Kier alpha value is -6.30. The van der Waals surface area contributed by atoms with Crippen LogP contribution in [0.2, 0.25) is 0 Å². The zero-order valence-corrected chi connectivity index (χ0v) is 30.8. The molecule has 0 unspecified atom stereocenters. The normalized spacial score (nSPS) is 15.1. The predicted octanol–water partition coefficient (Wildman–Crippen LogP) is 13.1. The van der Waals surface area contributed by atoms with Gasteiger partial charge >= 0.3 is 7.12 Å². The molecule has 0 fully saturated rings. The molecule has 0 spiro atoms. The number of fused-ring (bicyclic) bond motifs is 4. The fourth-order valence-corrected chi connectivity index (χ4v) is 7.77. The summed E-state index contributed by atoms with van der Waals surface area (Å²) in [4.78, 5) is 0. The minimum Gasteiger partial charge on any atom is -0.423 e. The van der Waals surface area contributed by atoms with Crippen LogP contribution in [0.15, 0.2) is 210 Å². The van der Waals surface area contributed by atoms with Crippen LogP contribution in [0.5, 0.6) is 0 Å². The Labute approximate surface area is 357 Å². The van der Waals surface area contributed by atoms with Crippen LogP contribution in [0.25, 0.3) is 87.6 Å². The van der Waals surface area contributed by atoms with Gasteiger partial charge in [0.2, 0.25) is 0 Å². The van der Waals surface area contributed by atoms with E-state index in [2.05, 4.69) is 15.9 Å². The molecule has 56 heavy (non-hydrogen) atoms. The van der Waals surface area contributed by atoms with E-state index in [0.717, 1.165) is 16.7 Å². The fourth-order valence-electron chi connectivity index (χ4n) is 7.17. The summed E-state index contributed by atoms with van der Waals surface area (Å²) in [5.41, 5.74) is 4.28. The molecule has 0 saturated carbocycles. The summed E-state index contributed by atoms with van der Waals surface area (Å²) in [5, 5.41) is 21.0. The molecule has 0 amide bonds. The SMILES string of the molecule is [2H]c1c([2H])c([2H])c2c(-c3ccccc3-c3ccccc3)c3c([2H])c([2H])c([2H])c([2H])c3c(B(O)O)c2c1[2H].[2H]c1c([2H])c([2H])c2c(-c3ccccc3-c3ccccc3)c3c([2H])c([2H])c([2H])c([2H])c3c(Br)c2c1[2H]. The lowest BCUT2D eigenvalue weighted by atomic mass is 9.72. The Balaban J connectivity index is 0.000000178. The first kappa shape index (κ1) is 21.7. The second kappa shape index (κ2) is 15.4. The molecule has 0 heterocycles. The highest BCUT2D eigenvalue weighted by atomic mass is 79.9. The molecular weight excluding hydrogens is 747 g/mol. The van der Waals surface area contributed by atoms with Crippen molar-refractivity contribution < 1.29 is 32.0 Å². The van der Waals surface area contributed by atoms with Gasteiger partial charge in [0, 0.05) is 4.47 Å². The Kier molecular flexibility index (Phi) is 5.99. The summed E-state index contributed by atoms with van der Waals surface area (Å²) in [6.45, 7) is 0. The van der Waals surface area contributed by atoms with Crippen molar-refractivity contribution in [1.82, 2.24) is 0 Å². The molecule has 0 aromatic heterocycles. The van der Waals surface area contributed by atoms with Crippen LogP contribution in [-0.4, -0.2) is 17.2 Å². The molecule has 10 aromatic rings. The van der Waals surface area contributed by atoms with E-state index in [-0.39, 0.29) is 77.3 Å². The minimum atomic E-state index is -2.28. The van der Waals surface area contributed by atoms with Crippen molar-refractivity contribution in [1.29, 1.82) is 0 Å². The molecule has 2 N–H and O–H groups in total. The molecule has 266 valence electrons. The van der Waals surface area contributed by atoms with Crippen LogP contribution >= 0.6 is 15.9 Å². The maximum Gasteiger partial charge on any atom is 0.489 e. The molecule has 10 aromatic carbocycles. The Morgan fingerprint density at radius 3 is 1.00 bits per heavy atom. The Bertz CT molecular complexity index is 3770. The van der Waals surface area contributed by atoms with Gasteiger partial charge in [0.25, 0.3) is 0 Å². The van der Waals surface area contributed by atoms with Gasteiger partial charge in [0.1, 0.15) is 0 Å². The van der Waals surface area contributed by atoms with Crippen LogP contribution in [0.4, 0.5) is 0 Å². The number of rotatable bonds is 5. The maximum atomic E-state index is 10.4. The summed E-state index contributed by atoms with van der Waals surface area (Å²) in [6, 6.07) is 26.2. The van der Waals surface area contributed by atoms with Crippen LogP contribution in [0, 0.1) is 0 Å². The van der Waals surface area contributed by atoms with Gasteiger partial charge in [-0.2, -0.15) is 0 Å². The second-order valence-electron chi connectivity index (χ2n) is 12.7. The van der Waals surface area contributed by atoms with E-state index >= 15 is 0 Å². The third kappa shape index (κ3) is 6.38. The molecule has 2 nitrogen and oxygen atoms in total. The van der Waals surface area contributed by atoms with E-state index in [4.69, 9.17) is 21.9 Å². The Morgan fingerprint density at radius 2 is 0.643 bits per heavy atom. The molecular formula is C52H36BBrO2. The average molecular weight is 800 g/mol. The monoisotopic (exact) mass is 798 g/mol. The minimum absolute atomic E-state index is 0.0602. The maximum absolute atomic E-state index is 10.4. The van der Waals surface area contributed by atoms with Gasteiger partial charge in [-0.25, -0.2) is 0 Å². The summed E-state index contributed by atoms with van der Waals surface area (Å²) in [5.74, 6) is 0. The Morgan fingerprint density at radius 1 is 0.357 bits per heavy atom. The lowest BCUT2D eigenvalue weighted by Crippen LogP contribution is -2.31. The van der Waals surface area contributed by atoms with Crippen molar-refractivity contribution >= 4 is 71.6 Å². The van der Waals surface area contributed by atoms with Crippen molar-refractivity contribution in [3.63, 3.8) is 0 Å². The van der Waals surface area contributed by atoms with E-state index in [9.17, 15) is 10.0 Å². The van der Waals surface area contributed by atoms with Gasteiger partial charge in [-0.3, -0.25) is 0 Å². The third-order valence-corrected chi connectivity index (χ3v) is 10.3. The molecule has 0 radical (unpaired) electrons. The number of hydrogen-bond acceptors (Lipinski definition) is 2. The highest BCUT2D eigenvalue weighted by molar-refractivity contribution is 9.10. The largest absolute Gasteiger partial charge is 0.489 e. The number of hydrogen-bond donors (Lipinski definition) is 2. The quantitative estimate of drug-likeness (QED) is 0.134. The topological polar surface area (TPSA) is 40.5 Å². The fraction of sp³-hybridized carbons (Fsp3) is 0. The van der Waals surface area contributed by atoms with Crippen molar-refractivity contribution in [2.75, 3.05) is 0 Å². The smallest absolute Gasteiger partial charge is 0.423 e. The standard InChI is InChI=1S/C26H19BO2.C26H17Br/c28-27(29)26-23-16-8-6-14-21(23)25(22-15-7-9-17-24(22)26)20-13-5-4-12-19(20)18-10-2-1-3-11-18;27-26-23-16-8-6-14-21(23)25(22-15-7-9-17-24(22)26)20-13-5-4-12-19(20)18-10-2-1-3-11-18/h1-17,28-29H;1-17H/i2*6D,7D,8D,9D,14D,15D,16D,17D. The summed E-state index contributed by atoms with van der Waals surface area (Å²) in [7, 11) is -2.28. The number of halogens is 1. The summed E-state index contributed by atoms with van der Waals surface area (Å²) in [6.07, 6.45) is 0. The molecule has 4 heteroatoms. The van der Waals surface area contributed by atoms with Gasteiger partial charge in [-0.05, 0) is 109 Å². The van der Waals surface area contributed by atoms with E-state index in [1.807, 2.05) is 84.9 Å². The lowest BCUT2D eigenvalue weighted by molar-refractivity contribution is 0.426. The van der Waals surface area contributed by atoms with Crippen LogP contribution in [0.1, 0.15) is 21.9 Å². The zero-order valence-electron chi connectivity index (χ0n) is 45.2. The lowest BCUT2D eigenvalue weighted by Gasteiger charge is -2.19. The first-order chi connectivity index (χ1) is 34.2. The van der Waals surface area contributed by atoms with E-state index < -0.39 is 85.1 Å². The van der Waals surface area contributed by atoms with Crippen molar-refractivity contribution in [2.24, 2.45) is 0 Å². The van der Waals surface area contributed by atoms with Gasteiger partial charge in [0.15, 0.2) is 0 Å². The molecule has 0 atom stereocenters.